The van der Waals surface area contributed by atoms with Gasteiger partial charge in [0.15, 0.2) is 0 Å². The summed E-state index contributed by atoms with van der Waals surface area (Å²) >= 11 is 1.65. The van der Waals surface area contributed by atoms with E-state index in [2.05, 4.69) is 0 Å². The lowest BCUT2D eigenvalue weighted by Gasteiger charge is -2.23. The van der Waals surface area contributed by atoms with Gasteiger partial charge in [0.2, 0.25) is 10.0 Å². The molecule has 7 heteroatoms. The van der Waals surface area contributed by atoms with Crippen LogP contribution in [-0.4, -0.2) is 58.0 Å². The standard InChI is InChI=1S/C14H23NO4S2/c1-15(7-4-14-3-2-11-20-14)21(16,17)12-10-19-13-5-8-18-9-6-13/h2-3,11,13H,4-10,12H2,1H3. The zero-order valence-corrected chi connectivity index (χ0v) is 14.0. The molecule has 0 unspecified atom stereocenters. The molecular weight excluding hydrogens is 310 g/mol. The van der Waals surface area contributed by atoms with Crippen molar-refractivity contribution in [3.05, 3.63) is 22.4 Å². The smallest absolute Gasteiger partial charge is 0.216 e. The van der Waals surface area contributed by atoms with E-state index in [-0.39, 0.29) is 18.5 Å². The topological polar surface area (TPSA) is 55.8 Å². The minimum atomic E-state index is -3.23. The summed E-state index contributed by atoms with van der Waals surface area (Å²) in [6.07, 6.45) is 2.61. The van der Waals surface area contributed by atoms with E-state index >= 15 is 0 Å². The van der Waals surface area contributed by atoms with E-state index in [1.807, 2.05) is 17.5 Å². The molecule has 120 valence electrons. The second-order valence-electron chi connectivity index (χ2n) is 5.15. The van der Waals surface area contributed by atoms with E-state index < -0.39 is 10.0 Å². The molecule has 0 bridgehead atoms. The van der Waals surface area contributed by atoms with E-state index in [0.29, 0.717) is 19.8 Å². The number of ether oxygens (including phenoxy) is 2. The van der Waals surface area contributed by atoms with Crippen LogP contribution in [0.5, 0.6) is 0 Å². The van der Waals surface area contributed by atoms with Crippen LogP contribution in [0.2, 0.25) is 0 Å². The molecule has 0 amide bonds. The Morgan fingerprint density at radius 2 is 2.19 bits per heavy atom. The lowest BCUT2D eigenvalue weighted by Crippen LogP contribution is -2.33. The summed E-state index contributed by atoms with van der Waals surface area (Å²) in [6, 6.07) is 4.01. The lowest BCUT2D eigenvalue weighted by atomic mass is 10.2. The minimum absolute atomic E-state index is 0.0469. The number of sulfonamides is 1. The Hall–Kier alpha value is -0.470. The third kappa shape index (κ3) is 5.67. The van der Waals surface area contributed by atoms with Crippen LogP contribution >= 0.6 is 11.3 Å². The molecule has 0 spiro atoms. The molecule has 1 fully saturated rings. The first-order valence-corrected chi connectivity index (χ1v) is 9.72. The van der Waals surface area contributed by atoms with Gasteiger partial charge in [-0.15, -0.1) is 11.3 Å². The Bertz CT molecular complexity index is 495. The zero-order chi connectivity index (χ0) is 15.1. The molecule has 1 aliphatic heterocycles. The van der Waals surface area contributed by atoms with E-state index in [1.54, 1.807) is 18.4 Å². The van der Waals surface area contributed by atoms with Crippen LogP contribution in [-0.2, 0) is 25.9 Å². The molecule has 1 aliphatic rings. The fraction of sp³-hybridized carbons (Fsp3) is 0.714. The van der Waals surface area contributed by atoms with Crippen LogP contribution in [0.4, 0.5) is 0 Å². The average Bonchev–Trinajstić information content (AvgIpc) is 2.99. The number of nitrogens with zero attached hydrogens (tertiary/aromatic N) is 1. The van der Waals surface area contributed by atoms with Gasteiger partial charge in [0, 0.05) is 31.7 Å². The maximum atomic E-state index is 12.2. The van der Waals surface area contributed by atoms with Crippen LogP contribution in [0.3, 0.4) is 0 Å². The fourth-order valence-electron chi connectivity index (χ4n) is 2.18. The Morgan fingerprint density at radius 3 is 2.86 bits per heavy atom. The Balaban J connectivity index is 1.69. The van der Waals surface area contributed by atoms with Crippen molar-refractivity contribution in [3.8, 4) is 0 Å². The van der Waals surface area contributed by atoms with Crippen molar-refractivity contribution in [2.75, 3.05) is 39.2 Å². The van der Waals surface area contributed by atoms with Crippen molar-refractivity contribution >= 4 is 21.4 Å². The normalized spacial score (nSPS) is 17.4. The summed E-state index contributed by atoms with van der Waals surface area (Å²) in [5.74, 6) is 0.0469. The largest absolute Gasteiger partial charge is 0.381 e. The van der Waals surface area contributed by atoms with Crippen molar-refractivity contribution in [2.45, 2.75) is 25.4 Å². The molecule has 0 radical (unpaired) electrons. The number of hydrogen-bond acceptors (Lipinski definition) is 5. The highest BCUT2D eigenvalue weighted by Gasteiger charge is 2.20. The molecule has 0 saturated carbocycles. The van der Waals surface area contributed by atoms with Gasteiger partial charge in [-0.1, -0.05) is 6.07 Å². The predicted octanol–water partition coefficient (Wildman–Crippen LogP) is 1.75. The maximum absolute atomic E-state index is 12.2. The molecule has 0 atom stereocenters. The summed E-state index contributed by atoms with van der Waals surface area (Å²) in [6.45, 7) is 2.19. The SMILES string of the molecule is CN(CCc1cccs1)S(=O)(=O)CCOC1CCOCC1. The minimum Gasteiger partial charge on any atom is -0.381 e. The van der Waals surface area contributed by atoms with Crippen molar-refractivity contribution < 1.29 is 17.9 Å². The highest BCUT2D eigenvalue weighted by molar-refractivity contribution is 7.89. The average molecular weight is 333 g/mol. The van der Waals surface area contributed by atoms with E-state index in [9.17, 15) is 8.42 Å². The van der Waals surface area contributed by atoms with E-state index in [0.717, 1.165) is 19.3 Å². The second kappa shape index (κ2) is 8.24. The highest BCUT2D eigenvalue weighted by Crippen LogP contribution is 2.12. The molecule has 5 nitrogen and oxygen atoms in total. The summed E-state index contributed by atoms with van der Waals surface area (Å²) in [5, 5.41) is 2.01. The Morgan fingerprint density at radius 1 is 1.43 bits per heavy atom. The first kappa shape index (κ1) is 16.9. The molecule has 0 aromatic carbocycles. The molecule has 1 aromatic heterocycles. The second-order valence-corrected chi connectivity index (χ2v) is 8.38. The number of likely N-dealkylation sites (N-methyl/N-ethyl adjacent to an activating group) is 1. The number of rotatable bonds is 8. The summed E-state index contributed by atoms with van der Waals surface area (Å²) in [4.78, 5) is 1.20. The number of thiophene rings is 1. The predicted molar refractivity (Wildman–Crippen MR) is 84.2 cm³/mol. The number of hydrogen-bond donors (Lipinski definition) is 0. The monoisotopic (exact) mass is 333 g/mol. The molecule has 2 heterocycles. The van der Waals surface area contributed by atoms with Crippen molar-refractivity contribution in [3.63, 3.8) is 0 Å². The Kier molecular flexibility index (Phi) is 6.63. The van der Waals surface area contributed by atoms with E-state index in [1.165, 1.54) is 9.18 Å². The van der Waals surface area contributed by atoms with Gasteiger partial charge in [0.25, 0.3) is 0 Å². The zero-order valence-electron chi connectivity index (χ0n) is 12.4. The van der Waals surface area contributed by atoms with E-state index in [4.69, 9.17) is 9.47 Å². The van der Waals surface area contributed by atoms with Gasteiger partial charge in [-0.3, -0.25) is 0 Å². The first-order chi connectivity index (χ1) is 10.1. The summed E-state index contributed by atoms with van der Waals surface area (Å²) < 4.78 is 36.6. The van der Waals surface area contributed by atoms with Crippen LogP contribution in [0, 0.1) is 0 Å². The lowest BCUT2D eigenvalue weighted by molar-refractivity contribution is -0.0268. The molecule has 2 rings (SSSR count). The van der Waals surface area contributed by atoms with Gasteiger partial charge in [0.1, 0.15) is 0 Å². The summed E-state index contributed by atoms with van der Waals surface area (Å²) in [7, 11) is -1.60. The molecule has 0 N–H and O–H groups in total. The van der Waals surface area contributed by atoms with Crippen molar-refractivity contribution in [1.29, 1.82) is 0 Å². The van der Waals surface area contributed by atoms with Crippen molar-refractivity contribution in [2.24, 2.45) is 0 Å². The van der Waals surface area contributed by atoms with Gasteiger partial charge in [-0.25, -0.2) is 12.7 Å². The molecule has 0 aliphatic carbocycles. The highest BCUT2D eigenvalue weighted by atomic mass is 32.2. The van der Waals surface area contributed by atoms with Crippen LogP contribution in [0.15, 0.2) is 17.5 Å². The third-order valence-electron chi connectivity index (χ3n) is 3.59. The maximum Gasteiger partial charge on any atom is 0.216 e. The van der Waals surface area contributed by atoms with Crippen LogP contribution in [0.1, 0.15) is 17.7 Å². The quantitative estimate of drug-likeness (QED) is 0.727. The van der Waals surface area contributed by atoms with Crippen LogP contribution in [0.25, 0.3) is 0 Å². The third-order valence-corrected chi connectivity index (χ3v) is 6.34. The van der Waals surface area contributed by atoms with Crippen LogP contribution < -0.4 is 0 Å². The fourth-order valence-corrected chi connectivity index (χ4v) is 3.87. The van der Waals surface area contributed by atoms with Gasteiger partial charge in [-0.05, 0) is 30.7 Å². The van der Waals surface area contributed by atoms with Gasteiger partial charge in [-0.2, -0.15) is 0 Å². The Labute approximate surface area is 130 Å². The van der Waals surface area contributed by atoms with Gasteiger partial charge in [0.05, 0.1) is 18.5 Å². The molecule has 1 aromatic rings. The van der Waals surface area contributed by atoms with Gasteiger partial charge < -0.3 is 9.47 Å². The molecule has 21 heavy (non-hydrogen) atoms. The molecule has 1 saturated heterocycles. The summed E-state index contributed by atoms with van der Waals surface area (Å²) in [5.41, 5.74) is 0. The first-order valence-electron chi connectivity index (χ1n) is 7.23. The van der Waals surface area contributed by atoms with Crippen molar-refractivity contribution in [1.82, 2.24) is 4.31 Å². The molecular formula is C14H23NO4S2. The van der Waals surface area contributed by atoms with Gasteiger partial charge >= 0.3 is 0 Å².